The molecule has 0 fully saturated rings. The first-order valence-corrected chi connectivity index (χ1v) is 3.29. The first-order valence-electron chi connectivity index (χ1n) is 3.29. The zero-order chi connectivity index (χ0) is 7.14. The van der Waals surface area contributed by atoms with Gasteiger partial charge in [0.05, 0.1) is 6.04 Å². The first-order chi connectivity index (χ1) is 4.80. The molecule has 0 aliphatic heterocycles. The third-order valence-electron chi connectivity index (χ3n) is 1.97. The molecule has 0 saturated heterocycles. The highest BCUT2D eigenvalue weighted by Gasteiger charge is 2.33. The molecule has 2 heteroatoms. The molecule has 0 bridgehead atoms. The fraction of sp³-hybridized carbons (Fsp3) is 0.250. The van der Waals surface area contributed by atoms with Crippen LogP contribution in [0.25, 0.3) is 0 Å². The molecule has 1 aromatic carbocycles. The molecule has 1 aliphatic rings. The summed E-state index contributed by atoms with van der Waals surface area (Å²) in [6, 6.07) is 6.98. The van der Waals surface area contributed by atoms with E-state index >= 15 is 0 Å². The average molecular weight is 137 g/mol. The van der Waals surface area contributed by atoms with Crippen LogP contribution in [-0.2, 0) is 0 Å². The molecule has 1 aliphatic carbocycles. The lowest BCUT2D eigenvalue weighted by Crippen LogP contribution is -2.27. The lowest BCUT2D eigenvalue weighted by molar-refractivity contribution is 0.250. The molecule has 0 spiro atoms. The zero-order valence-electron chi connectivity index (χ0n) is 5.42. The Labute approximate surface area is 58.7 Å². The van der Waals surface area contributed by atoms with E-state index in [2.05, 4.69) is 0 Å². The highest BCUT2D eigenvalue weighted by molar-refractivity contribution is 5.41. The number of alkyl halides is 1. The maximum atomic E-state index is 12.8. The Hall–Kier alpha value is -0.890. The summed E-state index contributed by atoms with van der Waals surface area (Å²) in [5.74, 6) is 0. The highest BCUT2D eigenvalue weighted by atomic mass is 19.1. The average Bonchev–Trinajstić information content (AvgIpc) is 2.03. The third kappa shape index (κ3) is 0.543. The van der Waals surface area contributed by atoms with Gasteiger partial charge in [-0.3, -0.25) is 0 Å². The van der Waals surface area contributed by atoms with Crippen molar-refractivity contribution in [3.8, 4) is 0 Å². The zero-order valence-corrected chi connectivity index (χ0v) is 5.42. The summed E-state index contributed by atoms with van der Waals surface area (Å²) in [5, 5.41) is 0. The largest absolute Gasteiger partial charge is 0.321 e. The van der Waals surface area contributed by atoms with Gasteiger partial charge in [-0.2, -0.15) is 0 Å². The van der Waals surface area contributed by atoms with E-state index in [1.54, 1.807) is 6.07 Å². The number of nitrogens with two attached hydrogens (primary N) is 1. The van der Waals surface area contributed by atoms with Crippen molar-refractivity contribution in [3.05, 3.63) is 35.4 Å². The predicted molar refractivity (Wildman–Crippen MR) is 37.2 cm³/mol. The van der Waals surface area contributed by atoms with Crippen LogP contribution < -0.4 is 5.73 Å². The molecule has 2 N–H and O–H groups in total. The fourth-order valence-corrected chi connectivity index (χ4v) is 1.32. The monoisotopic (exact) mass is 137 g/mol. The van der Waals surface area contributed by atoms with Gasteiger partial charge in [0.1, 0.15) is 6.17 Å². The van der Waals surface area contributed by atoms with Crippen LogP contribution in [0.3, 0.4) is 0 Å². The Balaban J connectivity index is 2.50. The smallest absolute Gasteiger partial charge is 0.145 e. The molecule has 52 valence electrons. The standard InChI is InChI=1S/C8H8FN/c9-7-5-3-1-2-4-6(5)8(7)10/h1-4,7-8H,10H2. The third-order valence-corrected chi connectivity index (χ3v) is 1.97. The molecule has 2 rings (SSSR count). The topological polar surface area (TPSA) is 26.0 Å². The van der Waals surface area contributed by atoms with E-state index < -0.39 is 6.17 Å². The van der Waals surface area contributed by atoms with Crippen LogP contribution in [0.5, 0.6) is 0 Å². The summed E-state index contributed by atoms with van der Waals surface area (Å²) in [5.41, 5.74) is 7.17. The van der Waals surface area contributed by atoms with Crippen molar-refractivity contribution in [2.75, 3.05) is 0 Å². The molecule has 0 aromatic heterocycles. The Kier molecular flexibility index (Phi) is 1.05. The summed E-state index contributed by atoms with van der Waals surface area (Å²) in [6.07, 6.45) is -0.934. The van der Waals surface area contributed by atoms with Crippen LogP contribution in [-0.4, -0.2) is 0 Å². The number of halogens is 1. The van der Waals surface area contributed by atoms with E-state index in [1.165, 1.54) is 0 Å². The molecule has 0 heterocycles. The molecular formula is C8H8FN. The lowest BCUT2D eigenvalue weighted by atomic mass is 9.82. The van der Waals surface area contributed by atoms with Gasteiger partial charge in [-0.25, -0.2) is 4.39 Å². The van der Waals surface area contributed by atoms with Gasteiger partial charge in [0.25, 0.3) is 0 Å². The van der Waals surface area contributed by atoms with Crippen LogP contribution in [0.2, 0.25) is 0 Å². The predicted octanol–water partition coefficient (Wildman–Crippen LogP) is 1.71. The Morgan fingerprint density at radius 3 is 2.40 bits per heavy atom. The van der Waals surface area contributed by atoms with Crippen LogP contribution in [0.15, 0.2) is 24.3 Å². The van der Waals surface area contributed by atoms with E-state index in [9.17, 15) is 4.39 Å². The summed E-state index contributed by atoms with van der Waals surface area (Å²) >= 11 is 0. The summed E-state index contributed by atoms with van der Waals surface area (Å²) in [4.78, 5) is 0. The Morgan fingerprint density at radius 2 is 1.80 bits per heavy atom. The summed E-state index contributed by atoms with van der Waals surface area (Å²) in [7, 11) is 0. The lowest BCUT2D eigenvalue weighted by Gasteiger charge is -2.30. The molecule has 0 amide bonds. The van der Waals surface area contributed by atoms with Crippen molar-refractivity contribution < 1.29 is 4.39 Å². The molecule has 0 radical (unpaired) electrons. The van der Waals surface area contributed by atoms with Crippen molar-refractivity contribution in [1.29, 1.82) is 0 Å². The second-order valence-corrected chi connectivity index (χ2v) is 2.56. The molecule has 0 saturated carbocycles. The van der Waals surface area contributed by atoms with Crippen LogP contribution in [0.4, 0.5) is 4.39 Å². The van der Waals surface area contributed by atoms with Crippen molar-refractivity contribution in [1.82, 2.24) is 0 Å². The van der Waals surface area contributed by atoms with Gasteiger partial charge in [-0.1, -0.05) is 24.3 Å². The van der Waals surface area contributed by atoms with Crippen LogP contribution in [0, 0.1) is 0 Å². The van der Waals surface area contributed by atoms with Gasteiger partial charge in [0, 0.05) is 0 Å². The van der Waals surface area contributed by atoms with Gasteiger partial charge >= 0.3 is 0 Å². The Bertz CT molecular complexity index is 232. The van der Waals surface area contributed by atoms with E-state index in [0.29, 0.717) is 0 Å². The Morgan fingerprint density at radius 1 is 1.20 bits per heavy atom. The van der Waals surface area contributed by atoms with Crippen molar-refractivity contribution in [2.45, 2.75) is 12.2 Å². The second kappa shape index (κ2) is 1.80. The highest BCUT2D eigenvalue weighted by Crippen LogP contribution is 2.43. The quantitative estimate of drug-likeness (QED) is 0.578. The minimum absolute atomic E-state index is 0.379. The number of hydrogen-bond acceptors (Lipinski definition) is 1. The van der Waals surface area contributed by atoms with E-state index in [0.717, 1.165) is 11.1 Å². The fourth-order valence-electron chi connectivity index (χ4n) is 1.32. The summed E-state index contributed by atoms with van der Waals surface area (Å²) in [6.45, 7) is 0. The normalized spacial score (nSPS) is 29.0. The minimum Gasteiger partial charge on any atom is -0.321 e. The van der Waals surface area contributed by atoms with Crippen LogP contribution in [0.1, 0.15) is 23.3 Å². The maximum absolute atomic E-state index is 12.8. The van der Waals surface area contributed by atoms with Gasteiger partial charge in [0.2, 0.25) is 0 Å². The molecule has 2 unspecified atom stereocenters. The second-order valence-electron chi connectivity index (χ2n) is 2.56. The van der Waals surface area contributed by atoms with Gasteiger partial charge in [-0.05, 0) is 11.1 Å². The first kappa shape index (κ1) is 5.86. The number of hydrogen-bond donors (Lipinski definition) is 1. The molecule has 1 aromatic rings. The molecule has 1 nitrogen and oxygen atoms in total. The SMILES string of the molecule is NC1c2ccccc2C1F. The van der Waals surface area contributed by atoms with Crippen molar-refractivity contribution in [3.63, 3.8) is 0 Å². The van der Waals surface area contributed by atoms with E-state index in [1.807, 2.05) is 18.2 Å². The van der Waals surface area contributed by atoms with E-state index in [-0.39, 0.29) is 6.04 Å². The van der Waals surface area contributed by atoms with Crippen molar-refractivity contribution >= 4 is 0 Å². The summed E-state index contributed by atoms with van der Waals surface area (Å²) < 4.78 is 12.8. The maximum Gasteiger partial charge on any atom is 0.145 e. The van der Waals surface area contributed by atoms with Gasteiger partial charge < -0.3 is 5.73 Å². The van der Waals surface area contributed by atoms with Crippen LogP contribution >= 0.6 is 0 Å². The van der Waals surface area contributed by atoms with Gasteiger partial charge in [0.15, 0.2) is 0 Å². The number of fused-ring (bicyclic) bond motifs is 1. The molecular weight excluding hydrogens is 129 g/mol. The van der Waals surface area contributed by atoms with E-state index in [4.69, 9.17) is 5.73 Å². The number of rotatable bonds is 0. The number of benzene rings is 1. The minimum atomic E-state index is -0.934. The molecule has 10 heavy (non-hydrogen) atoms. The molecule has 2 atom stereocenters. The van der Waals surface area contributed by atoms with Crippen molar-refractivity contribution in [2.24, 2.45) is 5.73 Å². The van der Waals surface area contributed by atoms with Gasteiger partial charge in [-0.15, -0.1) is 0 Å².